The first-order valence-corrected chi connectivity index (χ1v) is 14.6. The molecule has 1 N–H and O–H groups in total. The van der Waals surface area contributed by atoms with Crippen LogP contribution in [-0.2, 0) is 5.60 Å². The van der Waals surface area contributed by atoms with Gasteiger partial charge in [-0.15, -0.1) is 0 Å². The number of nitrogens with zero attached hydrogens (tertiary/aromatic N) is 1. The molecule has 7 rings (SSSR count). The number of benzene rings is 6. The van der Waals surface area contributed by atoms with Crippen LogP contribution in [0.15, 0.2) is 150 Å². The molecule has 0 aliphatic rings. The molecule has 0 spiro atoms. The fourth-order valence-corrected chi connectivity index (χ4v) is 5.86. The van der Waals surface area contributed by atoms with Crippen molar-refractivity contribution in [1.29, 1.82) is 0 Å². The van der Waals surface area contributed by atoms with Crippen LogP contribution in [0, 0.1) is 17.5 Å². The molecular formula is C39H26F3NO3. The third-order valence-electron chi connectivity index (χ3n) is 8.13. The first kappa shape index (κ1) is 29.1. The topological polar surface area (TPSA) is 55.5 Å². The summed E-state index contributed by atoms with van der Waals surface area (Å²) in [5.74, 6) is -3.05. The second kappa shape index (κ2) is 12.0. The first-order valence-electron chi connectivity index (χ1n) is 14.6. The molecule has 4 nitrogen and oxygen atoms in total. The molecule has 1 unspecified atom stereocenters. The van der Waals surface area contributed by atoms with Crippen LogP contribution in [0.1, 0.15) is 33.9 Å². The molecule has 46 heavy (non-hydrogen) atoms. The molecule has 0 saturated carbocycles. The third-order valence-corrected chi connectivity index (χ3v) is 8.13. The first-order chi connectivity index (χ1) is 22.5. The Balaban J connectivity index is 1.29. The van der Waals surface area contributed by atoms with Gasteiger partial charge in [0.1, 0.15) is 11.9 Å². The molecule has 1 atom stereocenters. The number of aromatic nitrogens is 1. The minimum Gasteiger partial charge on any atom is -0.454 e. The van der Waals surface area contributed by atoms with Crippen LogP contribution in [0.4, 0.5) is 13.2 Å². The summed E-state index contributed by atoms with van der Waals surface area (Å²) < 4.78 is 54.4. The van der Waals surface area contributed by atoms with E-state index in [4.69, 9.17) is 9.26 Å². The number of aliphatic hydroxyl groups excluding tert-OH is 1. The molecule has 0 amide bonds. The van der Waals surface area contributed by atoms with Crippen molar-refractivity contribution < 1.29 is 27.5 Å². The van der Waals surface area contributed by atoms with Crippen molar-refractivity contribution in [3.05, 3.63) is 191 Å². The van der Waals surface area contributed by atoms with Crippen molar-refractivity contribution in [2.45, 2.75) is 11.7 Å². The lowest BCUT2D eigenvalue weighted by atomic mass is 9.80. The molecule has 0 radical (unpaired) electrons. The van der Waals surface area contributed by atoms with Gasteiger partial charge in [0, 0.05) is 33.9 Å². The summed E-state index contributed by atoms with van der Waals surface area (Å²) in [5, 5.41) is 16.4. The van der Waals surface area contributed by atoms with E-state index in [0.717, 1.165) is 22.8 Å². The average Bonchev–Trinajstić information content (AvgIpc) is 3.52. The van der Waals surface area contributed by atoms with Crippen molar-refractivity contribution in [3.63, 3.8) is 0 Å². The van der Waals surface area contributed by atoms with Crippen LogP contribution < -0.4 is 4.74 Å². The number of ether oxygens (including phenoxy) is 1. The lowest BCUT2D eigenvalue weighted by Crippen LogP contribution is -2.36. The standard InChI is InChI=1S/C39H26F3NO3/c40-33-24-35(42)34(41)23-32(33)25-19-21-26(22-20-25)36(44)30-17-10-18-31-37(30)46-43-38(31)45-39(27-11-4-1-5-12-27,28-13-6-2-7-14-28)29-15-8-3-9-16-29/h1-24,36,44H. The van der Waals surface area contributed by atoms with Gasteiger partial charge in [-0.25, -0.2) is 13.2 Å². The van der Waals surface area contributed by atoms with Gasteiger partial charge in [0.05, 0.1) is 5.39 Å². The Labute approximate surface area is 262 Å². The lowest BCUT2D eigenvalue weighted by molar-refractivity contribution is 0.142. The van der Waals surface area contributed by atoms with E-state index in [-0.39, 0.29) is 11.4 Å². The molecule has 7 aromatic rings. The number of hydrogen-bond acceptors (Lipinski definition) is 4. The SMILES string of the molecule is OC(c1ccc(-c2cc(F)c(F)cc2F)cc1)c1cccc2c(OC(c3ccccc3)(c3ccccc3)c3ccccc3)noc12. The van der Waals surface area contributed by atoms with Gasteiger partial charge in [0.2, 0.25) is 0 Å². The van der Waals surface area contributed by atoms with Crippen LogP contribution in [0.2, 0.25) is 0 Å². The third kappa shape index (κ3) is 5.10. The molecule has 1 aromatic heterocycles. The number of rotatable bonds is 8. The van der Waals surface area contributed by atoms with Crippen molar-refractivity contribution in [1.82, 2.24) is 5.16 Å². The maximum atomic E-state index is 14.4. The number of halogens is 3. The van der Waals surface area contributed by atoms with Crippen molar-refractivity contribution in [2.24, 2.45) is 0 Å². The predicted molar refractivity (Wildman–Crippen MR) is 170 cm³/mol. The van der Waals surface area contributed by atoms with E-state index in [1.165, 1.54) is 12.1 Å². The molecule has 7 heteroatoms. The van der Waals surface area contributed by atoms with Gasteiger partial charge in [-0.05, 0) is 28.4 Å². The van der Waals surface area contributed by atoms with E-state index in [1.807, 2.05) is 97.1 Å². The van der Waals surface area contributed by atoms with Crippen LogP contribution >= 0.6 is 0 Å². The van der Waals surface area contributed by atoms with Gasteiger partial charge < -0.3 is 14.4 Å². The van der Waals surface area contributed by atoms with E-state index in [9.17, 15) is 18.3 Å². The van der Waals surface area contributed by atoms with Gasteiger partial charge in [-0.2, -0.15) is 0 Å². The lowest BCUT2D eigenvalue weighted by Gasteiger charge is -2.35. The summed E-state index contributed by atoms with van der Waals surface area (Å²) in [6.07, 6.45) is -1.14. The normalized spacial score (nSPS) is 12.3. The molecule has 0 fully saturated rings. The van der Waals surface area contributed by atoms with E-state index in [2.05, 4.69) is 5.16 Å². The number of fused-ring (bicyclic) bond motifs is 1. The highest BCUT2D eigenvalue weighted by Crippen LogP contribution is 2.43. The van der Waals surface area contributed by atoms with Gasteiger partial charge in [-0.3, -0.25) is 0 Å². The minimum atomic E-state index is -1.26. The smallest absolute Gasteiger partial charge is 0.263 e. The Kier molecular flexibility index (Phi) is 7.60. The molecule has 0 saturated heterocycles. The number of para-hydroxylation sites is 1. The van der Waals surface area contributed by atoms with Crippen molar-refractivity contribution in [3.8, 4) is 17.0 Å². The summed E-state index contributed by atoms with van der Waals surface area (Å²) in [6, 6.07) is 42.6. The quantitative estimate of drug-likeness (QED) is 0.137. The Morgan fingerprint density at radius 3 is 1.72 bits per heavy atom. The summed E-state index contributed by atoms with van der Waals surface area (Å²) >= 11 is 0. The maximum Gasteiger partial charge on any atom is 0.263 e. The van der Waals surface area contributed by atoms with Gasteiger partial charge in [0.25, 0.3) is 5.88 Å². The Morgan fingerprint density at radius 1 is 0.609 bits per heavy atom. The molecule has 0 aliphatic heterocycles. The molecule has 6 aromatic carbocycles. The van der Waals surface area contributed by atoms with Gasteiger partial charge in [-0.1, -0.05) is 127 Å². The van der Waals surface area contributed by atoms with Crippen molar-refractivity contribution in [2.75, 3.05) is 0 Å². The van der Waals surface area contributed by atoms with E-state index < -0.39 is 29.2 Å². The zero-order chi connectivity index (χ0) is 31.7. The summed E-state index contributed by atoms with van der Waals surface area (Å²) in [7, 11) is 0. The monoisotopic (exact) mass is 613 g/mol. The van der Waals surface area contributed by atoms with Crippen molar-refractivity contribution >= 4 is 11.0 Å². The van der Waals surface area contributed by atoms with E-state index >= 15 is 0 Å². The highest BCUT2D eigenvalue weighted by Gasteiger charge is 2.40. The highest BCUT2D eigenvalue weighted by atomic mass is 19.2. The number of aliphatic hydroxyl groups is 1. The fourth-order valence-electron chi connectivity index (χ4n) is 5.86. The summed E-state index contributed by atoms with van der Waals surface area (Å²) in [6.45, 7) is 0. The largest absolute Gasteiger partial charge is 0.454 e. The molecular weight excluding hydrogens is 587 g/mol. The Bertz CT molecular complexity index is 2020. The predicted octanol–water partition coefficient (Wildman–Crippen LogP) is 9.36. The molecule has 226 valence electrons. The molecule has 0 bridgehead atoms. The highest BCUT2D eigenvalue weighted by molar-refractivity contribution is 5.85. The zero-order valence-corrected chi connectivity index (χ0v) is 24.3. The average molecular weight is 614 g/mol. The van der Waals surface area contributed by atoms with E-state index in [0.29, 0.717) is 33.7 Å². The van der Waals surface area contributed by atoms with Crippen LogP contribution in [0.3, 0.4) is 0 Å². The van der Waals surface area contributed by atoms with Crippen LogP contribution in [-0.4, -0.2) is 10.3 Å². The second-order valence-corrected chi connectivity index (χ2v) is 10.9. The Morgan fingerprint density at radius 2 is 1.15 bits per heavy atom. The summed E-state index contributed by atoms with van der Waals surface area (Å²) in [4.78, 5) is 0. The number of hydrogen-bond donors (Lipinski definition) is 1. The summed E-state index contributed by atoms with van der Waals surface area (Å²) in [5.41, 5.74) is 3.07. The van der Waals surface area contributed by atoms with Crippen LogP contribution in [0.25, 0.3) is 22.1 Å². The van der Waals surface area contributed by atoms with Crippen LogP contribution in [0.5, 0.6) is 5.88 Å². The fraction of sp³-hybridized carbons (Fsp3) is 0.0513. The molecule has 1 heterocycles. The second-order valence-electron chi connectivity index (χ2n) is 10.9. The molecule has 0 aliphatic carbocycles. The zero-order valence-electron chi connectivity index (χ0n) is 24.3. The maximum absolute atomic E-state index is 14.4. The Hall–Kier alpha value is -5.66. The van der Waals surface area contributed by atoms with Gasteiger partial charge >= 0.3 is 0 Å². The van der Waals surface area contributed by atoms with Gasteiger partial charge in [0.15, 0.2) is 22.8 Å². The van der Waals surface area contributed by atoms with E-state index in [1.54, 1.807) is 24.3 Å². The minimum absolute atomic E-state index is 0.0854.